The minimum Gasteiger partial charge on any atom is -0.494 e. The van der Waals surface area contributed by atoms with E-state index in [1.807, 2.05) is 55.5 Å². The van der Waals surface area contributed by atoms with Crippen molar-refractivity contribution in [2.75, 3.05) is 17.7 Å². The maximum Gasteiger partial charge on any atom is 0.234 e. The van der Waals surface area contributed by atoms with Gasteiger partial charge in [-0.25, -0.2) is 0 Å². The van der Waals surface area contributed by atoms with Crippen LogP contribution in [0.15, 0.2) is 59.8 Å². The Balaban J connectivity index is 1.60. The van der Waals surface area contributed by atoms with Crippen molar-refractivity contribution in [3.63, 3.8) is 0 Å². The Morgan fingerprint density at radius 3 is 2.75 bits per heavy atom. The molecule has 0 saturated heterocycles. The van der Waals surface area contributed by atoms with Crippen LogP contribution in [0.1, 0.15) is 6.92 Å². The normalized spacial score (nSPS) is 10.5. The van der Waals surface area contributed by atoms with Gasteiger partial charge in [0, 0.05) is 16.5 Å². The highest BCUT2D eigenvalue weighted by Crippen LogP contribution is 2.24. The molecule has 0 bridgehead atoms. The molecule has 0 fully saturated rings. The second kappa shape index (κ2) is 7.79. The van der Waals surface area contributed by atoms with Crippen molar-refractivity contribution in [1.29, 1.82) is 0 Å². The molecule has 0 aliphatic heterocycles. The molecule has 3 rings (SSSR count). The van der Waals surface area contributed by atoms with Gasteiger partial charge in [-0.2, -0.15) is 5.10 Å². The number of rotatable bonds is 6. The van der Waals surface area contributed by atoms with Crippen molar-refractivity contribution >= 4 is 34.1 Å². The van der Waals surface area contributed by atoms with Crippen LogP contribution in [0, 0.1) is 0 Å². The fourth-order valence-electron chi connectivity index (χ4n) is 2.24. The number of aromatic nitrogens is 2. The van der Waals surface area contributed by atoms with E-state index in [1.54, 1.807) is 6.20 Å². The van der Waals surface area contributed by atoms with Gasteiger partial charge >= 0.3 is 0 Å². The Morgan fingerprint density at radius 1 is 1.17 bits per heavy atom. The Kier molecular flexibility index (Phi) is 5.28. The van der Waals surface area contributed by atoms with E-state index in [-0.39, 0.29) is 11.7 Å². The molecule has 122 valence electrons. The van der Waals surface area contributed by atoms with E-state index in [2.05, 4.69) is 15.5 Å². The van der Waals surface area contributed by atoms with Crippen LogP contribution in [-0.4, -0.2) is 28.5 Å². The van der Waals surface area contributed by atoms with Gasteiger partial charge in [0.1, 0.15) is 10.8 Å². The van der Waals surface area contributed by atoms with E-state index >= 15 is 0 Å². The second-order valence-electron chi connectivity index (χ2n) is 5.03. The Bertz CT molecular complexity index is 832. The standard InChI is InChI=1S/C18H17N3O2S/c1-2-23-15-9-7-14(8-10-15)20-17(22)12-24-18-16-6-4-3-5-13(16)11-19-21-18/h3-11H,2,12H2,1H3,(H,20,22). The Labute approximate surface area is 144 Å². The molecule has 0 radical (unpaired) electrons. The fourth-order valence-corrected chi connectivity index (χ4v) is 3.03. The largest absolute Gasteiger partial charge is 0.494 e. The van der Waals surface area contributed by atoms with Crippen molar-refractivity contribution in [3.8, 4) is 5.75 Å². The van der Waals surface area contributed by atoms with Crippen LogP contribution in [0.5, 0.6) is 5.75 Å². The van der Waals surface area contributed by atoms with Gasteiger partial charge in [-0.15, -0.1) is 5.10 Å². The van der Waals surface area contributed by atoms with Crippen molar-refractivity contribution in [2.45, 2.75) is 11.9 Å². The van der Waals surface area contributed by atoms with Crippen LogP contribution >= 0.6 is 11.8 Å². The van der Waals surface area contributed by atoms with E-state index < -0.39 is 0 Å². The van der Waals surface area contributed by atoms with Gasteiger partial charge < -0.3 is 10.1 Å². The maximum atomic E-state index is 12.1. The maximum absolute atomic E-state index is 12.1. The minimum absolute atomic E-state index is 0.0844. The lowest BCUT2D eigenvalue weighted by molar-refractivity contribution is -0.113. The number of anilines is 1. The molecule has 0 aliphatic rings. The molecule has 0 saturated carbocycles. The number of ether oxygens (including phenoxy) is 1. The number of amides is 1. The predicted molar refractivity (Wildman–Crippen MR) is 96.5 cm³/mol. The summed E-state index contributed by atoms with van der Waals surface area (Å²) in [7, 11) is 0. The van der Waals surface area contributed by atoms with E-state index in [1.165, 1.54) is 11.8 Å². The number of carbonyl (C=O) groups excluding carboxylic acids is 1. The first kappa shape index (κ1) is 16.3. The summed E-state index contributed by atoms with van der Waals surface area (Å²) >= 11 is 1.38. The quantitative estimate of drug-likeness (QED) is 0.693. The zero-order valence-electron chi connectivity index (χ0n) is 13.2. The highest BCUT2D eigenvalue weighted by Gasteiger charge is 2.08. The molecule has 3 aromatic rings. The van der Waals surface area contributed by atoms with E-state index in [0.29, 0.717) is 6.61 Å². The third-order valence-corrected chi connectivity index (χ3v) is 4.31. The second-order valence-corrected chi connectivity index (χ2v) is 6.00. The first-order valence-corrected chi connectivity index (χ1v) is 8.61. The van der Waals surface area contributed by atoms with Crippen LogP contribution in [0.4, 0.5) is 5.69 Å². The third kappa shape index (κ3) is 4.02. The number of nitrogens with one attached hydrogen (secondary N) is 1. The molecule has 24 heavy (non-hydrogen) atoms. The zero-order chi connectivity index (χ0) is 16.8. The molecule has 1 aromatic heterocycles. The summed E-state index contributed by atoms with van der Waals surface area (Å²) in [6.07, 6.45) is 1.72. The number of hydrogen-bond donors (Lipinski definition) is 1. The fraction of sp³-hybridized carbons (Fsp3) is 0.167. The summed E-state index contributed by atoms with van der Waals surface area (Å²) in [5, 5.41) is 13.8. The molecule has 6 heteroatoms. The summed E-state index contributed by atoms with van der Waals surface area (Å²) in [6, 6.07) is 15.2. The van der Waals surface area contributed by atoms with Crippen LogP contribution < -0.4 is 10.1 Å². The minimum atomic E-state index is -0.0844. The zero-order valence-corrected chi connectivity index (χ0v) is 14.0. The predicted octanol–water partition coefficient (Wildman–Crippen LogP) is 3.76. The van der Waals surface area contributed by atoms with Gasteiger partial charge in [-0.05, 0) is 31.2 Å². The highest BCUT2D eigenvalue weighted by atomic mass is 32.2. The van der Waals surface area contributed by atoms with E-state index in [9.17, 15) is 4.79 Å². The summed E-state index contributed by atoms with van der Waals surface area (Å²) < 4.78 is 5.38. The van der Waals surface area contributed by atoms with Gasteiger partial charge in [0.25, 0.3) is 0 Å². The number of carbonyl (C=O) groups is 1. The molecular formula is C18H17N3O2S. The first-order chi connectivity index (χ1) is 11.8. The molecule has 0 atom stereocenters. The molecule has 1 heterocycles. The average Bonchev–Trinajstić information content (AvgIpc) is 2.62. The topological polar surface area (TPSA) is 64.1 Å². The number of benzene rings is 2. The summed E-state index contributed by atoms with van der Waals surface area (Å²) in [4.78, 5) is 12.1. The lowest BCUT2D eigenvalue weighted by atomic mass is 10.2. The Hall–Kier alpha value is -2.60. The molecule has 0 aliphatic carbocycles. The van der Waals surface area contributed by atoms with Gasteiger partial charge in [-0.1, -0.05) is 36.0 Å². The van der Waals surface area contributed by atoms with E-state index in [0.717, 1.165) is 27.2 Å². The first-order valence-electron chi connectivity index (χ1n) is 7.62. The van der Waals surface area contributed by atoms with Crippen LogP contribution in [0.2, 0.25) is 0 Å². The smallest absolute Gasteiger partial charge is 0.234 e. The van der Waals surface area contributed by atoms with Crippen LogP contribution in [0.3, 0.4) is 0 Å². The molecule has 0 unspecified atom stereocenters. The van der Waals surface area contributed by atoms with Crippen molar-refractivity contribution in [3.05, 3.63) is 54.7 Å². The monoisotopic (exact) mass is 339 g/mol. The van der Waals surface area contributed by atoms with E-state index in [4.69, 9.17) is 4.74 Å². The number of thioether (sulfide) groups is 1. The highest BCUT2D eigenvalue weighted by molar-refractivity contribution is 8.00. The van der Waals surface area contributed by atoms with Crippen molar-refractivity contribution in [1.82, 2.24) is 10.2 Å². The lowest BCUT2D eigenvalue weighted by Crippen LogP contribution is -2.14. The third-order valence-electron chi connectivity index (χ3n) is 3.33. The van der Waals surface area contributed by atoms with Crippen LogP contribution in [-0.2, 0) is 4.79 Å². The Morgan fingerprint density at radius 2 is 1.96 bits per heavy atom. The van der Waals surface area contributed by atoms with Gasteiger partial charge in [-0.3, -0.25) is 4.79 Å². The van der Waals surface area contributed by atoms with Crippen molar-refractivity contribution < 1.29 is 9.53 Å². The van der Waals surface area contributed by atoms with Crippen LogP contribution in [0.25, 0.3) is 10.8 Å². The summed E-state index contributed by atoms with van der Waals surface area (Å²) in [5.74, 6) is 0.977. The van der Waals surface area contributed by atoms with Gasteiger partial charge in [0.2, 0.25) is 5.91 Å². The molecule has 5 nitrogen and oxygen atoms in total. The SMILES string of the molecule is CCOc1ccc(NC(=O)CSc2nncc3ccccc23)cc1. The molecule has 1 amide bonds. The molecular weight excluding hydrogens is 322 g/mol. The lowest BCUT2D eigenvalue weighted by Gasteiger charge is -2.07. The number of hydrogen-bond acceptors (Lipinski definition) is 5. The summed E-state index contributed by atoms with van der Waals surface area (Å²) in [6.45, 7) is 2.55. The average molecular weight is 339 g/mol. The van der Waals surface area contributed by atoms with Gasteiger partial charge in [0.15, 0.2) is 0 Å². The van der Waals surface area contributed by atoms with Crippen molar-refractivity contribution in [2.24, 2.45) is 0 Å². The number of fused-ring (bicyclic) bond motifs is 1. The molecule has 0 spiro atoms. The van der Waals surface area contributed by atoms with Gasteiger partial charge in [0.05, 0.1) is 18.6 Å². The number of nitrogens with zero attached hydrogens (tertiary/aromatic N) is 2. The molecule has 1 N–H and O–H groups in total. The molecule has 2 aromatic carbocycles. The summed E-state index contributed by atoms with van der Waals surface area (Å²) in [5.41, 5.74) is 0.744.